The van der Waals surface area contributed by atoms with Gasteiger partial charge < -0.3 is 5.32 Å². The zero-order chi connectivity index (χ0) is 14.0. The molecule has 0 radical (unpaired) electrons. The standard InChI is InChI=1S/C12H10Br2N2O2S/c1-7-10(3-2-4-11(7)16(17)18)15-6-8-5-9(13)12(14)19-8/h2-5,15H,6H2,1H3. The number of thiophene rings is 1. The second-order valence-corrected chi connectivity index (χ2v) is 7.20. The van der Waals surface area contributed by atoms with Gasteiger partial charge >= 0.3 is 0 Å². The third kappa shape index (κ3) is 3.34. The molecule has 1 heterocycles. The zero-order valence-corrected chi connectivity index (χ0v) is 13.9. The van der Waals surface area contributed by atoms with Crippen molar-refractivity contribution in [1.82, 2.24) is 0 Å². The number of rotatable bonds is 4. The van der Waals surface area contributed by atoms with Gasteiger partial charge in [-0.15, -0.1) is 11.3 Å². The summed E-state index contributed by atoms with van der Waals surface area (Å²) in [6.45, 7) is 2.39. The number of nitrogens with one attached hydrogen (secondary N) is 1. The van der Waals surface area contributed by atoms with Crippen LogP contribution in [-0.4, -0.2) is 4.92 Å². The Morgan fingerprint density at radius 3 is 2.74 bits per heavy atom. The second-order valence-electron chi connectivity index (χ2n) is 3.89. The van der Waals surface area contributed by atoms with E-state index in [-0.39, 0.29) is 10.6 Å². The van der Waals surface area contributed by atoms with Crippen LogP contribution >= 0.6 is 43.2 Å². The van der Waals surface area contributed by atoms with Gasteiger partial charge in [-0.05, 0) is 50.9 Å². The molecule has 0 saturated heterocycles. The van der Waals surface area contributed by atoms with Crippen molar-refractivity contribution in [3.05, 3.63) is 53.1 Å². The molecule has 0 amide bonds. The molecule has 0 aliphatic carbocycles. The van der Waals surface area contributed by atoms with Crippen molar-refractivity contribution < 1.29 is 4.92 Å². The zero-order valence-electron chi connectivity index (χ0n) is 9.94. The van der Waals surface area contributed by atoms with Crippen molar-refractivity contribution in [2.75, 3.05) is 5.32 Å². The van der Waals surface area contributed by atoms with Gasteiger partial charge in [-0.2, -0.15) is 0 Å². The van der Waals surface area contributed by atoms with E-state index >= 15 is 0 Å². The van der Waals surface area contributed by atoms with E-state index in [4.69, 9.17) is 0 Å². The number of anilines is 1. The molecule has 0 saturated carbocycles. The lowest BCUT2D eigenvalue weighted by atomic mass is 10.1. The van der Waals surface area contributed by atoms with Crippen LogP contribution in [0.15, 0.2) is 32.5 Å². The molecule has 0 spiro atoms. The Bertz CT molecular complexity index is 609. The SMILES string of the molecule is Cc1c(NCc2cc(Br)c(Br)s2)cccc1[N+](=O)[O-]. The monoisotopic (exact) mass is 404 g/mol. The number of nitro groups is 1. The number of nitrogens with zero attached hydrogens (tertiary/aromatic N) is 1. The second kappa shape index (κ2) is 6.02. The van der Waals surface area contributed by atoms with Gasteiger partial charge in [-0.1, -0.05) is 6.07 Å². The van der Waals surface area contributed by atoms with E-state index in [1.165, 1.54) is 6.07 Å². The molecule has 2 aromatic rings. The maximum atomic E-state index is 10.9. The normalized spacial score (nSPS) is 10.5. The molecular weight excluding hydrogens is 396 g/mol. The lowest BCUT2D eigenvalue weighted by molar-refractivity contribution is -0.385. The van der Waals surface area contributed by atoms with Crippen LogP contribution in [0.1, 0.15) is 10.4 Å². The van der Waals surface area contributed by atoms with E-state index in [9.17, 15) is 10.1 Å². The average molecular weight is 406 g/mol. The summed E-state index contributed by atoms with van der Waals surface area (Å²) in [5.74, 6) is 0. The lowest BCUT2D eigenvalue weighted by Gasteiger charge is -2.08. The highest BCUT2D eigenvalue weighted by atomic mass is 79.9. The molecule has 0 fully saturated rings. The molecule has 0 bridgehead atoms. The smallest absolute Gasteiger partial charge is 0.274 e. The van der Waals surface area contributed by atoms with Crippen molar-refractivity contribution in [2.24, 2.45) is 0 Å². The van der Waals surface area contributed by atoms with Gasteiger partial charge in [0.25, 0.3) is 5.69 Å². The minimum atomic E-state index is -0.362. The Hall–Kier alpha value is -0.920. The van der Waals surface area contributed by atoms with Gasteiger partial charge in [0, 0.05) is 33.2 Å². The fourth-order valence-electron chi connectivity index (χ4n) is 1.67. The van der Waals surface area contributed by atoms with Crippen LogP contribution in [0.3, 0.4) is 0 Å². The van der Waals surface area contributed by atoms with Gasteiger partial charge in [-0.3, -0.25) is 10.1 Å². The first-order valence-corrected chi connectivity index (χ1v) is 7.81. The first-order valence-electron chi connectivity index (χ1n) is 5.40. The third-order valence-corrected chi connectivity index (χ3v) is 5.91. The van der Waals surface area contributed by atoms with E-state index in [2.05, 4.69) is 37.2 Å². The highest BCUT2D eigenvalue weighted by Gasteiger charge is 2.13. The van der Waals surface area contributed by atoms with E-state index in [1.807, 2.05) is 12.1 Å². The molecule has 7 heteroatoms. The minimum absolute atomic E-state index is 0.138. The van der Waals surface area contributed by atoms with E-state index < -0.39 is 0 Å². The highest BCUT2D eigenvalue weighted by Crippen LogP contribution is 2.33. The summed E-state index contributed by atoms with van der Waals surface area (Å²) in [7, 11) is 0. The molecule has 0 atom stereocenters. The Balaban J connectivity index is 2.16. The number of hydrogen-bond acceptors (Lipinski definition) is 4. The van der Waals surface area contributed by atoms with Crippen molar-refractivity contribution in [1.29, 1.82) is 0 Å². The van der Waals surface area contributed by atoms with Crippen molar-refractivity contribution in [3.8, 4) is 0 Å². The molecule has 19 heavy (non-hydrogen) atoms. The predicted molar refractivity (Wildman–Crippen MR) is 84.9 cm³/mol. The fourth-order valence-corrected chi connectivity index (χ4v) is 3.79. The van der Waals surface area contributed by atoms with E-state index in [0.717, 1.165) is 18.8 Å². The Labute approximate surface area is 131 Å². The van der Waals surface area contributed by atoms with E-state index in [0.29, 0.717) is 12.1 Å². The summed E-state index contributed by atoms with van der Waals surface area (Å²) in [4.78, 5) is 11.6. The fraction of sp³-hybridized carbons (Fsp3) is 0.167. The Morgan fingerprint density at radius 1 is 1.42 bits per heavy atom. The van der Waals surface area contributed by atoms with Crippen LogP contribution in [0.25, 0.3) is 0 Å². The van der Waals surface area contributed by atoms with Crippen LogP contribution in [-0.2, 0) is 6.54 Å². The first kappa shape index (κ1) is 14.5. The van der Waals surface area contributed by atoms with Crippen LogP contribution in [0.5, 0.6) is 0 Å². The van der Waals surface area contributed by atoms with Gasteiger partial charge in [0.05, 0.1) is 8.71 Å². The Morgan fingerprint density at radius 2 is 2.16 bits per heavy atom. The maximum Gasteiger partial charge on any atom is 0.274 e. The number of benzene rings is 1. The van der Waals surface area contributed by atoms with Crippen LogP contribution in [0, 0.1) is 17.0 Å². The first-order chi connectivity index (χ1) is 8.99. The summed E-state index contributed by atoms with van der Waals surface area (Å²) >= 11 is 8.50. The van der Waals surface area contributed by atoms with Crippen LogP contribution < -0.4 is 5.32 Å². The number of hydrogen-bond donors (Lipinski definition) is 1. The van der Waals surface area contributed by atoms with Crippen molar-refractivity contribution in [2.45, 2.75) is 13.5 Å². The molecule has 1 N–H and O–H groups in total. The number of nitro benzene ring substituents is 1. The average Bonchev–Trinajstić information content (AvgIpc) is 2.67. The van der Waals surface area contributed by atoms with Gasteiger partial charge in [0.1, 0.15) is 0 Å². The third-order valence-electron chi connectivity index (χ3n) is 2.65. The van der Waals surface area contributed by atoms with E-state index in [1.54, 1.807) is 24.3 Å². The summed E-state index contributed by atoms with van der Waals surface area (Å²) in [6, 6.07) is 7.07. The van der Waals surface area contributed by atoms with Gasteiger partial charge in [-0.25, -0.2) is 0 Å². The molecule has 0 aliphatic heterocycles. The Kier molecular flexibility index (Phi) is 4.59. The number of halogens is 2. The van der Waals surface area contributed by atoms with Crippen molar-refractivity contribution in [3.63, 3.8) is 0 Å². The molecule has 4 nitrogen and oxygen atoms in total. The molecule has 1 aromatic carbocycles. The van der Waals surface area contributed by atoms with Gasteiger partial charge in [0.15, 0.2) is 0 Å². The molecule has 0 unspecified atom stereocenters. The molecule has 1 aromatic heterocycles. The maximum absolute atomic E-state index is 10.9. The molecular formula is C12H10Br2N2O2S. The lowest BCUT2D eigenvalue weighted by Crippen LogP contribution is -2.01. The summed E-state index contributed by atoms with van der Waals surface area (Å²) < 4.78 is 2.06. The van der Waals surface area contributed by atoms with Crippen LogP contribution in [0.4, 0.5) is 11.4 Å². The summed E-state index contributed by atoms with van der Waals surface area (Å²) in [5, 5.41) is 14.1. The minimum Gasteiger partial charge on any atom is -0.380 e. The topological polar surface area (TPSA) is 55.2 Å². The van der Waals surface area contributed by atoms with Gasteiger partial charge in [0.2, 0.25) is 0 Å². The molecule has 0 aliphatic rings. The highest BCUT2D eigenvalue weighted by molar-refractivity contribution is 9.13. The van der Waals surface area contributed by atoms with Crippen molar-refractivity contribution >= 4 is 54.6 Å². The summed E-state index contributed by atoms with van der Waals surface area (Å²) in [5.41, 5.74) is 1.58. The molecule has 2 rings (SSSR count). The molecule has 100 valence electrons. The predicted octanol–water partition coefficient (Wildman–Crippen LogP) is 5.10. The van der Waals surface area contributed by atoms with Crippen LogP contribution in [0.2, 0.25) is 0 Å². The quantitative estimate of drug-likeness (QED) is 0.568. The largest absolute Gasteiger partial charge is 0.380 e. The summed E-state index contributed by atoms with van der Waals surface area (Å²) in [6.07, 6.45) is 0.